The molecule has 1 aromatic heterocycles. The van der Waals surface area contributed by atoms with E-state index in [4.69, 9.17) is 11.6 Å². The molecule has 1 aliphatic carbocycles. The second-order valence-corrected chi connectivity index (χ2v) is 5.78. The molecule has 9 heteroatoms. The second-order valence-electron chi connectivity index (χ2n) is 4.96. The summed E-state index contributed by atoms with van der Waals surface area (Å²) in [5.41, 5.74) is -0.822. The first kappa shape index (κ1) is 16.5. The third-order valence-electron chi connectivity index (χ3n) is 3.28. The van der Waals surface area contributed by atoms with Gasteiger partial charge in [0.15, 0.2) is 5.69 Å². The predicted octanol–water partition coefficient (Wildman–Crippen LogP) is 3.04. The summed E-state index contributed by atoms with van der Waals surface area (Å²) >= 11 is 9.82. The number of alkyl halides is 3. The van der Waals surface area contributed by atoms with Crippen LogP contribution < -0.4 is 5.32 Å². The van der Waals surface area contributed by atoms with Crippen LogP contribution in [-0.2, 0) is 11.0 Å². The van der Waals surface area contributed by atoms with Crippen LogP contribution in [0.25, 0.3) is 0 Å². The molecule has 1 atom stereocenters. The molecule has 0 aliphatic heterocycles. The van der Waals surface area contributed by atoms with E-state index < -0.39 is 23.8 Å². The van der Waals surface area contributed by atoms with E-state index in [0.29, 0.717) is 18.0 Å². The molecule has 0 spiro atoms. The summed E-state index contributed by atoms with van der Waals surface area (Å²) in [6, 6.07) is -0.853. The van der Waals surface area contributed by atoms with Gasteiger partial charge in [-0.25, -0.2) is 0 Å². The van der Waals surface area contributed by atoms with Gasteiger partial charge in [0, 0.05) is 18.2 Å². The van der Waals surface area contributed by atoms with Crippen molar-refractivity contribution in [2.75, 3.05) is 12.3 Å². The molecule has 1 aromatic rings. The fraction of sp³-hybridized carbons (Fsp3) is 0.667. The number of thiol groups is 1. The van der Waals surface area contributed by atoms with Crippen LogP contribution in [0.4, 0.5) is 13.2 Å². The van der Waals surface area contributed by atoms with E-state index in [0.717, 1.165) is 17.5 Å². The number of nitrogens with one attached hydrogen (secondary N) is 1. The fourth-order valence-electron chi connectivity index (χ4n) is 2.06. The highest BCUT2D eigenvalue weighted by molar-refractivity contribution is 7.80. The Kier molecular flexibility index (Phi) is 4.77. The quantitative estimate of drug-likeness (QED) is 0.809. The third kappa shape index (κ3) is 3.48. The average Bonchev–Trinajstić information content (AvgIpc) is 3.17. The summed E-state index contributed by atoms with van der Waals surface area (Å²) in [4.78, 5) is 11.9. The van der Waals surface area contributed by atoms with E-state index in [9.17, 15) is 18.0 Å². The number of nitrogens with zero attached hydrogens (tertiary/aromatic N) is 2. The van der Waals surface area contributed by atoms with Crippen molar-refractivity contribution in [3.8, 4) is 0 Å². The minimum absolute atomic E-state index is 0.0544. The smallest absolute Gasteiger partial charge is 0.353 e. The number of aromatic nitrogens is 2. The maximum absolute atomic E-state index is 12.9. The average molecular weight is 342 g/mol. The standard InChI is InChI=1S/C12H15ClF3N3OS/c1-6(11(20)17-4-5-21)19-9(7-2-3-7)8(13)10(18-19)12(14,15)16/h6-7,21H,2-5H2,1H3,(H,17,20). The number of rotatable bonds is 5. The Balaban J connectivity index is 2.36. The summed E-state index contributed by atoms with van der Waals surface area (Å²) < 4.78 is 39.9. The third-order valence-corrected chi connectivity index (χ3v) is 3.87. The molecule has 0 aromatic carbocycles. The van der Waals surface area contributed by atoms with E-state index in [1.165, 1.54) is 6.92 Å². The number of amides is 1. The van der Waals surface area contributed by atoms with Crippen LogP contribution >= 0.6 is 24.2 Å². The van der Waals surface area contributed by atoms with E-state index in [1.54, 1.807) is 0 Å². The fourth-order valence-corrected chi connectivity index (χ4v) is 2.56. The monoisotopic (exact) mass is 341 g/mol. The minimum atomic E-state index is -4.63. The Morgan fingerprint density at radius 1 is 1.57 bits per heavy atom. The van der Waals surface area contributed by atoms with Crippen LogP contribution in [-0.4, -0.2) is 28.0 Å². The van der Waals surface area contributed by atoms with Gasteiger partial charge in [-0.2, -0.15) is 30.9 Å². The van der Waals surface area contributed by atoms with Crippen LogP contribution in [0.1, 0.15) is 43.1 Å². The number of hydrogen-bond acceptors (Lipinski definition) is 3. The SMILES string of the molecule is CC(C(=O)NCCS)n1nc(C(F)(F)F)c(Cl)c1C1CC1. The van der Waals surface area contributed by atoms with Crippen molar-refractivity contribution < 1.29 is 18.0 Å². The van der Waals surface area contributed by atoms with Crippen molar-refractivity contribution in [2.45, 2.75) is 37.9 Å². The highest BCUT2D eigenvalue weighted by Crippen LogP contribution is 2.47. The van der Waals surface area contributed by atoms with Crippen LogP contribution in [0.2, 0.25) is 5.02 Å². The van der Waals surface area contributed by atoms with Crippen LogP contribution in [0.15, 0.2) is 0 Å². The normalized spacial score (nSPS) is 16.9. The zero-order valence-corrected chi connectivity index (χ0v) is 12.9. The maximum Gasteiger partial charge on any atom is 0.436 e. The van der Waals surface area contributed by atoms with Crippen molar-refractivity contribution in [3.05, 3.63) is 16.4 Å². The first-order valence-corrected chi connectivity index (χ1v) is 7.52. The van der Waals surface area contributed by atoms with Gasteiger partial charge in [-0.1, -0.05) is 11.6 Å². The van der Waals surface area contributed by atoms with E-state index >= 15 is 0 Å². The zero-order valence-electron chi connectivity index (χ0n) is 11.2. The summed E-state index contributed by atoms with van der Waals surface area (Å²) in [6.45, 7) is 1.84. The molecule has 1 unspecified atom stereocenters. The highest BCUT2D eigenvalue weighted by atomic mass is 35.5. The molecule has 1 amide bonds. The van der Waals surface area contributed by atoms with E-state index in [2.05, 4.69) is 23.0 Å². The second kappa shape index (κ2) is 6.08. The molecule has 118 valence electrons. The van der Waals surface area contributed by atoms with Gasteiger partial charge in [-0.3, -0.25) is 9.48 Å². The zero-order chi connectivity index (χ0) is 15.8. The number of carbonyl (C=O) groups excluding carboxylic acids is 1. The lowest BCUT2D eigenvalue weighted by atomic mass is 10.2. The number of hydrogen-bond donors (Lipinski definition) is 2. The molecular formula is C12H15ClF3N3OS. The molecule has 4 nitrogen and oxygen atoms in total. The van der Waals surface area contributed by atoms with Crippen LogP contribution in [0.5, 0.6) is 0 Å². The molecular weight excluding hydrogens is 327 g/mol. The summed E-state index contributed by atoms with van der Waals surface area (Å²) in [5.74, 6) is -0.0122. The van der Waals surface area contributed by atoms with Gasteiger partial charge in [0.05, 0.1) is 10.7 Å². The lowest BCUT2D eigenvalue weighted by molar-refractivity contribution is -0.141. The van der Waals surface area contributed by atoms with Crippen molar-refractivity contribution in [1.29, 1.82) is 0 Å². The topological polar surface area (TPSA) is 46.9 Å². The van der Waals surface area contributed by atoms with Gasteiger partial charge in [0.25, 0.3) is 0 Å². The lowest BCUT2D eigenvalue weighted by Crippen LogP contribution is -2.33. The first-order valence-electron chi connectivity index (χ1n) is 6.51. The van der Waals surface area contributed by atoms with Gasteiger partial charge in [0.1, 0.15) is 6.04 Å². The maximum atomic E-state index is 12.9. The lowest BCUT2D eigenvalue weighted by Gasteiger charge is -2.15. The first-order chi connectivity index (χ1) is 9.77. The highest BCUT2D eigenvalue weighted by Gasteiger charge is 2.43. The molecule has 1 saturated carbocycles. The summed E-state index contributed by atoms with van der Waals surface area (Å²) in [5, 5.41) is 5.75. The molecule has 0 saturated heterocycles. The van der Waals surface area contributed by atoms with Crippen LogP contribution in [0.3, 0.4) is 0 Å². The van der Waals surface area contributed by atoms with Gasteiger partial charge < -0.3 is 5.32 Å². The van der Waals surface area contributed by atoms with Crippen molar-refractivity contribution in [1.82, 2.24) is 15.1 Å². The molecule has 0 radical (unpaired) electrons. The largest absolute Gasteiger partial charge is 0.436 e. The van der Waals surface area contributed by atoms with Gasteiger partial charge >= 0.3 is 6.18 Å². The number of halogens is 4. The molecule has 21 heavy (non-hydrogen) atoms. The molecule has 2 rings (SSSR count). The molecule has 0 bridgehead atoms. The molecule has 1 heterocycles. The Morgan fingerprint density at radius 2 is 2.19 bits per heavy atom. The Bertz CT molecular complexity index is 543. The summed E-state index contributed by atoms with van der Waals surface area (Å²) in [7, 11) is 0. The minimum Gasteiger partial charge on any atom is -0.353 e. The number of carbonyl (C=O) groups is 1. The van der Waals surface area contributed by atoms with Crippen molar-refractivity contribution >= 4 is 30.1 Å². The van der Waals surface area contributed by atoms with Gasteiger partial charge in [-0.15, -0.1) is 0 Å². The Labute approximate surface area is 130 Å². The van der Waals surface area contributed by atoms with Crippen molar-refractivity contribution in [3.63, 3.8) is 0 Å². The molecule has 1 fully saturated rings. The molecule has 1 aliphatic rings. The predicted molar refractivity (Wildman–Crippen MR) is 75.8 cm³/mol. The molecule has 1 N–H and O–H groups in total. The summed E-state index contributed by atoms with van der Waals surface area (Å²) in [6.07, 6.45) is -3.12. The van der Waals surface area contributed by atoms with E-state index in [-0.39, 0.29) is 10.9 Å². The Morgan fingerprint density at radius 3 is 2.67 bits per heavy atom. The van der Waals surface area contributed by atoms with E-state index in [1.807, 2.05) is 0 Å². The van der Waals surface area contributed by atoms with Crippen LogP contribution in [0, 0.1) is 0 Å². The van der Waals surface area contributed by atoms with Crippen molar-refractivity contribution in [2.24, 2.45) is 0 Å². The Hall–Kier alpha value is -0.890. The van der Waals surface area contributed by atoms with Gasteiger partial charge in [0.2, 0.25) is 5.91 Å². The van der Waals surface area contributed by atoms with Gasteiger partial charge in [-0.05, 0) is 19.8 Å².